The highest BCUT2D eigenvalue weighted by atomic mass is 16.4. The summed E-state index contributed by atoms with van der Waals surface area (Å²) in [6, 6.07) is 13.6. The van der Waals surface area contributed by atoms with E-state index in [1.165, 1.54) is 5.56 Å². The largest absolute Gasteiger partial charge is 0.481 e. The van der Waals surface area contributed by atoms with Gasteiger partial charge in [-0.05, 0) is 49.1 Å². The van der Waals surface area contributed by atoms with Gasteiger partial charge in [0.05, 0.1) is 0 Å². The van der Waals surface area contributed by atoms with Crippen molar-refractivity contribution in [3.63, 3.8) is 0 Å². The Hall–Kier alpha value is -3.76. The number of carboxylic acids is 1. The number of carbonyl (C=O) groups is 4. The summed E-state index contributed by atoms with van der Waals surface area (Å²) < 4.78 is 0. The Labute approximate surface area is 240 Å². The quantitative estimate of drug-likeness (QED) is 0.267. The van der Waals surface area contributed by atoms with Gasteiger partial charge >= 0.3 is 5.97 Å². The minimum absolute atomic E-state index is 0.168. The first kappa shape index (κ1) is 28.8. The average Bonchev–Trinajstić information content (AvgIpc) is 3.30. The van der Waals surface area contributed by atoms with Gasteiger partial charge in [0.25, 0.3) is 5.91 Å². The number of piperidine rings is 1. The van der Waals surface area contributed by atoms with Crippen molar-refractivity contribution in [2.75, 3.05) is 38.0 Å². The number of nitrogens with zero attached hydrogens (tertiary/aromatic N) is 3. The van der Waals surface area contributed by atoms with E-state index in [2.05, 4.69) is 44.7 Å². The molecular formula is C31H39N5O5. The van der Waals surface area contributed by atoms with Gasteiger partial charge in [0.1, 0.15) is 6.04 Å². The molecule has 2 aromatic carbocycles. The molecule has 0 bridgehead atoms. The van der Waals surface area contributed by atoms with E-state index in [0.29, 0.717) is 25.1 Å². The fourth-order valence-corrected chi connectivity index (χ4v) is 5.93. The van der Waals surface area contributed by atoms with Crippen molar-refractivity contribution in [2.45, 2.75) is 64.2 Å². The number of fused-ring (bicyclic) bond motifs is 1. The topological polar surface area (TPSA) is 122 Å². The van der Waals surface area contributed by atoms with Gasteiger partial charge in [-0.3, -0.25) is 29.4 Å². The molecule has 0 spiro atoms. The maximum absolute atomic E-state index is 13.1. The number of imide groups is 1. The number of amides is 3. The summed E-state index contributed by atoms with van der Waals surface area (Å²) in [7, 11) is 0. The summed E-state index contributed by atoms with van der Waals surface area (Å²) in [5.41, 5.74) is 4.80. The summed E-state index contributed by atoms with van der Waals surface area (Å²) >= 11 is 0. The van der Waals surface area contributed by atoms with Gasteiger partial charge in [-0.1, -0.05) is 36.8 Å². The zero-order valence-corrected chi connectivity index (χ0v) is 23.4. The Morgan fingerprint density at radius 1 is 0.927 bits per heavy atom. The number of hydrogen-bond acceptors (Lipinski definition) is 7. The number of carboxylic acid groups (broad SMARTS) is 1. The Kier molecular flexibility index (Phi) is 9.31. The first-order valence-electron chi connectivity index (χ1n) is 14.6. The van der Waals surface area contributed by atoms with Crippen LogP contribution in [0, 0.1) is 0 Å². The minimum Gasteiger partial charge on any atom is -0.481 e. The molecule has 3 amide bonds. The molecule has 3 N–H and O–H groups in total. The fraction of sp³-hybridized carbons (Fsp3) is 0.484. The lowest BCUT2D eigenvalue weighted by Gasteiger charge is -2.34. The summed E-state index contributed by atoms with van der Waals surface area (Å²) in [6.45, 7) is 7.10. The van der Waals surface area contributed by atoms with E-state index in [-0.39, 0.29) is 24.7 Å². The number of piperazine rings is 1. The Morgan fingerprint density at radius 2 is 1.66 bits per heavy atom. The molecule has 218 valence electrons. The smallest absolute Gasteiger partial charge is 0.303 e. The molecular weight excluding hydrogens is 522 g/mol. The van der Waals surface area contributed by atoms with Crippen LogP contribution in [0.25, 0.3) is 0 Å². The zero-order valence-electron chi connectivity index (χ0n) is 23.4. The maximum atomic E-state index is 13.1. The molecule has 3 aliphatic heterocycles. The lowest BCUT2D eigenvalue weighted by Crippen LogP contribution is -2.52. The summed E-state index contributed by atoms with van der Waals surface area (Å²) in [5, 5.41) is 14.6. The van der Waals surface area contributed by atoms with E-state index in [0.717, 1.165) is 75.3 Å². The third kappa shape index (κ3) is 7.31. The fourth-order valence-electron chi connectivity index (χ4n) is 5.93. The Morgan fingerprint density at radius 3 is 2.39 bits per heavy atom. The van der Waals surface area contributed by atoms with Crippen molar-refractivity contribution in [1.29, 1.82) is 0 Å². The van der Waals surface area contributed by atoms with E-state index in [9.17, 15) is 19.2 Å². The van der Waals surface area contributed by atoms with Crippen molar-refractivity contribution in [2.24, 2.45) is 0 Å². The highest BCUT2D eigenvalue weighted by Crippen LogP contribution is 2.32. The lowest BCUT2D eigenvalue weighted by atomic mass is 10.0. The third-order valence-electron chi connectivity index (χ3n) is 8.32. The molecule has 0 radical (unpaired) electrons. The molecule has 3 heterocycles. The highest BCUT2D eigenvalue weighted by molar-refractivity contribution is 6.06. The summed E-state index contributed by atoms with van der Waals surface area (Å²) in [4.78, 5) is 54.1. The van der Waals surface area contributed by atoms with Crippen molar-refractivity contribution < 1.29 is 24.3 Å². The SMILES string of the molecule is O=C(O)CCCCCN1CCN(Cc2ccc(CNc3cccc4c3CN(C3CCC(=O)NC3=O)C4=O)cc2)CC1. The zero-order chi connectivity index (χ0) is 28.8. The third-order valence-corrected chi connectivity index (χ3v) is 8.32. The molecule has 3 aliphatic rings. The number of aliphatic carboxylic acids is 1. The van der Waals surface area contributed by atoms with Gasteiger partial charge in [-0.2, -0.15) is 0 Å². The number of rotatable bonds is 12. The number of nitrogens with one attached hydrogen (secondary N) is 2. The van der Waals surface area contributed by atoms with Gasteiger partial charge < -0.3 is 20.2 Å². The van der Waals surface area contributed by atoms with Crippen LogP contribution in [0.1, 0.15) is 65.6 Å². The van der Waals surface area contributed by atoms with Gasteiger partial charge in [-0.25, -0.2) is 0 Å². The molecule has 2 aromatic rings. The lowest BCUT2D eigenvalue weighted by molar-refractivity contribution is -0.138. The second kappa shape index (κ2) is 13.3. The number of hydrogen-bond donors (Lipinski definition) is 3. The molecule has 0 aromatic heterocycles. The molecule has 1 atom stereocenters. The van der Waals surface area contributed by atoms with Crippen molar-refractivity contribution >= 4 is 29.4 Å². The first-order chi connectivity index (χ1) is 19.9. The van der Waals surface area contributed by atoms with Crippen LogP contribution in [0.3, 0.4) is 0 Å². The molecule has 10 nitrogen and oxygen atoms in total. The van der Waals surface area contributed by atoms with Crippen molar-refractivity contribution in [1.82, 2.24) is 20.0 Å². The Bertz CT molecular complexity index is 1270. The van der Waals surface area contributed by atoms with E-state index >= 15 is 0 Å². The molecule has 1 unspecified atom stereocenters. The van der Waals surface area contributed by atoms with Crippen LogP contribution in [-0.2, 0) is 34.0 Å². The van der Waals surface area contributed by atoms with Gasteiger partial charge in [0.15, 0.2) is 0 Å². The predicted molar refractivity (Wildman–Crippen MR) is 154 cm³/mol. The molecule has 0 aliphatic carbocycles. The average molecular weight is 562 g/mol. The monoisotopic (exact) mass is 561 g/mol. The van der Waals surface area contributed by atoms with E-state index in [4.69, 9.17) is 5.11 Å². The predicted octanol–water partition coefficient (Wildman–Crippen LogP) is 2.82. The van der Waals surface area contributed by atoms with E-state index in [1.54, 1.807) is 11.0 Å². The second-order valence-corrected chi connectivity index (χ2v) is 11.2. The first-order valence-corrected chi connectivity index (χ1v) is 14.6. The normalized spacial score (nSPS) is 19.8. The van der Waals surface area contributed by atoms with Crippen LogP contribution < -0.4 is 10.6 Å². The van der Waals surface area contributed by atoms with Crippen LogP contribution >= 0.6 is 0 Å². The number of carbonyl (C=O) groups excluding carboxylic acids is 3. The Balaban J connectivity index is 1.08. The maximum Gasteiger partial charge on any atom is 0.303 e. The van der Waals surface area contributed by atoms with Crippen molar-refractivity contribution in [3.8, 4) is 0 Å². The molecule has 0 saturated carbocycles. The van der Waals surface area contributed by atoms with Crippen LogP contribution in [0.5, 0.6) is 0 Å². The van der Waals surface area contributed by atoms with Crippen LogP contribution in [0.2, 0.25) is 0 Å². The number of anilines is 1. The van der Waals surface area contributed by atoms with Crippen LogP contribution in [0.15, 0.2) is 42.5 Å². The van der Waals surface area contributed by atoms with Gasteiger partial charge in [-0.15, -0.1) is 0 Å². The standard InChI is InChI=1S/C31H39N5O5/c37-28-13-12-27(30(40)33-28)36-21-25-24(31(36)41)5-4-6-26(25)32-19-22-8-10-23(11-9-22)20-35-17-15-34(16-18-35)14-3-1-2-7-29(38)39/h4-6,8-11,27,32H,1-3,7,12-21H2,(H,38,39)(H,33,37,40). The van der Waals surface area contributed by atoms with Crippen LogP contribution in [-0.4, -0.2) is 82.3 Å². The summed E-state index contributed by atoms with van der Waals surface area (Å²) in [6.07, 6.45) is 3.65. The molecule has 10 heteroatoms. The number of unbranched alkanes of at least 4 members (excludes halogenated alkanes) is 2. The molecule has 2 fully saturated rings. The number of benzene rings is 2. The molecule has 41 heavy (non-hydrogen) atoms. The highest BCUT2D eigenvalue weighted by Gasteiger charge is 2.39. The van der Waals surface area contributed by atoms with Gasteiger partial charge in [0, 0.05) is 75.5 Å². The second-order valence-electron chi connectivity index (χ2n) is 11.2. The van der Waals surface area contributed by atoms with Crippen LogP contribution in [0.4, 0.5) is 5.69 Å². The molecule has 2 saturated heterocycles. The van der Waals surface area contributed by atoms with E-state index in [1.807, 2.05) is 12.1 Å². The molecule has 5 rings (SSSR count). The minimum atomic E-state index is -0.708. The van der Waals surface area contributed by atoms with Gasteiger partial charge in [0.2, 0.25) is 11.8 Å². The van der Waals surface area contributed by atoms with Crippen molar-refractivity contribution in [3.05, 3.63) is 64.7 Å². The van der Waals surface area contributed by atoms with E-state index < -0.39 is 17.9 Å². The summed E-state index contributed by atoms with van der Waals surface area (Å²) in [5.74, 6) is -1.56.